The van der Waals surface area contributed by atoms with Crippen molar-refractivity contribution in [3.8, 4) is 11.5 Å². The molecular formula is C24H15ClFNO4S2. The normalized spacial score (nSPS) is 14.6. The number of esters is 1. The van der Waals surface area contributed by atoms with Crippen molar-refractivity contribution in [1.82, 2.24) is 0 Å². The van der Waals surface area contributed by atoms with Gasteiger partial charge in [-0.25, -0.2) is 9.18 Å². The molecule has 33 heavy (non-hydrogen) atoms. The number of hydrogen-bond acceptors (Lipinski definition) is 6. The summed E-state index contributed by atoms with van der Waals surface area (Å²) in [6.45, 7) is 0. The fraction of sp³-hybridized carbons (Fsp3) is 0.0417. The van der Waals surface area contributed by atoms with Crippen molar-refractivity contribution < 1.29 is 23.5 Å². The van der Waals surface area contributed by atoms with E-state index in [9.17, 15) is 14.0 Å². The lowest BCUT2D eigenvalue weighted by atomic mass is 10.1. The first kappa shape index (κ1) is 23.0. The van der Waals surface area contributed by atoms with E-state index in [-0.39, 0.29) is 11.7 Å². The summed E-state index contributed by atoms with van der Waals surface area (Å²) in [6.07, 6.45) is 1.66. The molecule has 0 saturated carbocycles. The number of anilines is 1. The summed E-state index contributed by atoms with van der Waals surface area (Å²) in [5.74, 6) is -0.719. The number of benzene rings is 3. The van der Waals surface area contributed by atoms with E-state index in [0.29, 0.717) is 36.8 Å². The highest BCUT2D eigenvalue weighted by Crippen LogP contribution is 2.37. The summed E-state index contributed by atoms with van der Waals surface area (Å²) in [7, 11) is 1.45. The van der Waals surface area contributed by atoms with E-state index >= 15 is 0 Å². The first-order valence-corrected chi connectivity index (χ1v) is 11.2. The Morgan fingerprint density at radius 3 is 2.42 bits per heavy atom. The van der Waals surface area contributed by atoms with Crippen LogP contribution in [0, 0.1) is 5.82 Å². The fourth-order valence-electron chi connectivity index (χ4n) is 3.03. The number of methoxy groups -OCH3 is 1. The molecule has 1 saturated heterocycles. The Hall–Kier alpha value is -3.20. The molecule has 166 valence electrons. The van der Waals surface area contributed by atoms with Crippen LogP contribution >= 0.6 is 35.6 Å². The summed E-state index contributed by atoms with van der Waals surface area (Å²) in [6, 6.07) is 16.8. The Bertz CT molecular complexity index is 1280. The molecule has 0 spiro atoms. The first-order chi connectivity index (χ1) is 15.9. The monoisotopic (exact) mass is 499 g/mol. The number of rotatable bonds is 5. The fourth-order valence-corrected chi connectivity index (χ4v) is 4.46. The van der Waals surface area contributed by atoms with Crippen molar-refractivity contribution in [2.75, 3.05) is 12.0 Å². The lowest BCUT2D eigenvalue weighted by Gasteiger charge is -2.14. The van der Waals surface area contributed by atoms with Gasteiger partial charge in [-0.2, -0.15) is 0 Å². The van der Waals surface area contributed by atoms with Gasteiger partial charge in [0.2, 0.25) is 0 Å². The van der Waals surface area contributed by atoms with Gasteiger partial charge in [-0.1, -0.05) is 41.6 Å². The third kappa shape index (κ3) is 5.08. The van der Waals surface area contributed by atoms with Crippen LogP contribution in [0.1, 0.15) is 15.9 Å². The van der Waals surface area contributed by atoms with E-state index in [2.05, 4.69) is 0 Å². The van der Waals surface area contributed by atoms with Gasteiger partial charge in [-0.05, 0) is 72.3 Å². The minimum atomic E-state index is -0.558. The molecule has 1 aliphatic heterocycles. The summed E-state index contributed by atoms with van der Waals surface area (Å²) < 4.78 is 24.4. The smallest absolute Gasteiger partial charge is 0.343 e. The molecule has 0 N–H and O–H groups in total. The van der Waals surface area contributed by atoms with Crippen LogP contribution in [0.3, 0.4) is 0 Å². The zero-order valence-corrected chi connectivity index (χ0v) is 19.5. The second kappa shape index (κ2) is 9.74. The van der Waals surface area contributed by atoms with Crippen LogP contribution in [-0.2, 0) is 4.79 Å². The van der Waals surface area contributed by atoms with Crippen LogP contribution in [0.15, 0.2) is 71.6 Å². The number of hydrogen-bond donors (Lipinski definition) is 0. The van der Waals surface area contributed by atoms with Gasteiger partial charge in [-0.3, -0.25) is 9.69 Å². The van der Waals surface area contributed by atoms with Gasteiger partial charge in [0.05, 0.1) is 23.3 Å². The molecule has 0 aliphatic carbocycles. The number of carbonyl (C=O) groups is 2. The number of thioether (sulfide) groups is 1. The van der Waals surface area contributed by atoms with E-state index in [1.807, 2.05) is 0 Å². The quantitative estimate of drug-likeness (QED) is 0.183. The molecule has 4 rings (SSSR count). The largest absolute Gasteiger partial charge is 0.493 e. The molecule has 0 radical (unpaired) electrons. The van der Waals surface area contributed by atoms with Crippen molar-refractivity contribution in [2.24, 2.45) is 0 Å². The van der Waals surface area contributed by atoms with Gasteiger partial charge in [0.25, 0.3) is 5.91 Å². The maximum Gasteiger partial charge on any atom is 0.343 e. The highest BCUT2D eigenvalue weighted by Gasteiger charge is 2.33. The molecule has 0 bridgehead atoms. The van der Waals surface area contributed by atoms with Crippen LogP contribution in [0.2, 0.25) is 5.02 Å². The molecule has 3 aromatic carbocycles. The predicted octanol–water partition coefficient (Wildman–Crippen LogP) is 6.11. The van der Waals surface area contributed by atoms with Gasteiger partial charge in [-0.15, -0.1) is 0 Å². The predicted molar refractivity (Wildman–Crippen MR) is 131 cm³/mol. The highest BCUT2D eigenvalue weighted by atomic mass is 35.5. The number of nitrogens with zero attached hydrogens (tertiary/aromatic N) is 1. The number of thiocarbonyl (C=S) groups is 1. The molecule has 9 heteroatoms. The van der Waals surface area contributed by atoms with Crippen molar-refractivity contribution in [2.45, 2.75) is 0 Å². The van der Waals surface area contributed by atoms with Crippen molar-refractivity contribution >= 4 is 63.5 Å². The zero-order valence-electron chi connectivity index (χ0n) is 17.1. The van der Waals surface area contributed by atoms with E-state index in [1.165, 1.54) is 36.3 Å². The molecule has 3 aromatic rings. The van der Waals surface area contributed by atoms with E-state index in [4.69, 9.17) is 33.3 Å². The Kier molecular flexibility index (Phi) is 6.78. The SMILES string of the molecule is COc1cc(/C=C2\SC(=S)N(c3ccc(F)cc3)C2=O)ccc1OC(=O)c1ccc(Cl)cc1. The van der Waals surface area contributed by atoms with Crippen molar-refractivity contribution in [1.29, 1.82) is 0 Å². The highest BCUT2D eigenvalue weighted by molar-refractivity contribution is 8.27. The van der Waals surface area contributed by atoms with Crippen molar-refractivity contribution in [3.63, 3.8) is 0 Å². The Morgan fingerprint density at radius 2 is 1.76 bits per heavy atom. The Labute approximate surface area is 203 Å². The van der Waals surface area contributed by atoms with Crippen LogP contribution in [0.5, 0.6) is 11.5 Å². The summed E-state index contributed by atoms with van der Waals surface area (Å²) in [4.78, 5) is 27.1. The molecule has 1 aliphatic rings. The van der Waals surface area contributed by atoms with Crippen LogP contribution in [0.25, 0.3) is 6.08 Å². The topological polar surface area (TPSA) is 55.8 Å². The van der Waals surface area contributed by atoms with Gasteiger partial charge in [0, 0.05) is 5.02 Å². The lowest BCUT2D eigenvalue weighted by Crippen LogP contribution is -2.27. The number of amides is 1. The minimum Gasteiger partial charge on any atom is -0.493 e. The van der Waals surface area contributed by atoms with Gasteiger partial charge >= 0.3 is 5.97 Å². The van der Waals surface area contributed by atoms with Crippen LogP contribution in [-0.4, -0.2) is 23.3 Å². The average molecular weight is 500 g/mol. The standard InChI is InChI=1S/C24H15ClFNO4S2/c1-30-20-12-14(2-11-19(20)31-23(29)15-3-5-16(25)6-4-15)13-21-22(28)27(24(32)33-21)18-9-7-17(26)8-10-18/h2-13H,1H3/b21-13-. The molecule has 0 aromatic heterocycles. The van der Waals surface area contributed by atoms with Crippen molar-refractivity contribution in [3.05, 3.63) is 93.6 Å². The lowest BCUT2D eigenvalue weighted by molar-refractivity contribution is -0.113. The summed E-state index contributed by atoms with van der Waals surface area (Å²) >= 11 is 12.3. The first-order valence-electron chi connectivity index (χ1n) is 9.55. The minimum absolute atomic E-state index is 0.230. The molecular weight excluding hydrogens is 485 g/mol. The van der Waals surface area contributed by atoms with E-state index < -0.39 is 11.8 Å². The third-order valence-corrected chi connectivity index (χ3v) is 6.20. The van der Waals surface area contributed by atoms with Crippen LogP contribution in [0.4, 0.5) is 10.1 Å². The van der Waals surface area contributed by atoms with Gasteiger partial charge in [0.1, 0.15) is 5.82 Å². The summed E-state index contributed by atoms with van der Waals surface area (Å²) in [5.41, 5.74) is 1.48. The molecule has 1 heterocycles. The van der Waals surface area contributed by atoms with Gasteiger partial charge in [0.15, 0.2) is 15.8 Å². The molecule has 0 atom stereocenters. The maximum atomic E-state index is 13.2. The maximum absolute atomic E-state index is 13.2. The Morgan fingerprint density at radius 1 is 1.06 bits per heavy atom. The Balaban J connectivity index is 1.55. The van der Waals surface area contributed by atoms with E-state index in [0.717, 1.165) is 11.8 Å². The van der Waals surface area contributed by atoms with Gasteiger partial charge < -0.3 is 9.47 Å². The molecule has 0 unspecified atom stereocenters. The number of carbonyl (C=O) groups excluding carboxylic acids is 2. The molecule has 5 nitrogen and oxygen atoms in total. The summed E-state index contributed by atoms with van der Waals surface area (Å²) in [5, 5.41) is 0.512. The molecule has 1 amide bonds. The second-order valence-corrected chi connectivity index (χ2v) is 8.91. The van der Waals surface area contributed by atoms with E-state index in [1.54, 1.807) is 48.5 Å². The number of ether oxygens (including phenoxy) is 2. The average Bonchev–Trinajstić information content (AvgIpc) is 3.08. The second-order valence-electron chi connectivity index (χ2n) is 6.80. The number of halogens is 2. The van der Waals surface area contributed by atoms with Crippen LogP contribution < -0.4 is 14.4 Å². The zero-order chi connectivity index (χ0) is 23.5. The third-order valence-electron chi connectivity index (χ3n) is 4.65. The molecule has 1 fully saturated rings.